The normalized spacial score (nSPS) is 11.6. The maximum Gasteiger partial charge on any atom is 0.222 e. The van der Waals surface area contributed by atoms with E-state index >= 15 is 0 Å². The van der Waals surface area contributed by atoms with Crippen molar-refractivity contribution >= 4 is 20.7 Å². The van der Waals surface area contributed by atoms with Gasteiger partial charge in [-0.25, -0.2) is 12.8 Å². The van der Waals surface area contributed by atoms with E-state index in [9.17, 15) is 12.8 Å². The third kappa shape index (κ3) is 2.98. The summed E-state index contributed by atoms with van der Waals surface area (Å²) in [5, 5.41) is 0.810. The zero-order chi connectivity index (χ0) is 19.0. The number of nitrogens with one attached hydrogen (secondary N) is 1. The molecule has 1 heterocycles. The molecule has 4 rings (SSSR count). The lowest BCUT2D eigenvalue weighted by Gasteiger charge is -2.07. The highest BCUT2D eigenvalue weighted by Crippen LogP contribution is 2.38. The van der Waals surface area contributed by atoms with Crippen LogP contribution in [0.15, 0.2) is 82.7 Å². The molecule has 3 aromatic carbocycles. The number of ether oxygens (including phenoxy) is 1. The Kier molecular flexibility index (Phi) is 4.20. The third-order valence-corrected chi connectivity index (χ3v) is 6.16. The largest absolute Gasteiger partial charge is 0.497 e. The van der Waals surface area contributed by atoms with Gasteiger partial charge in [0.05, 0.1) is 12.0 Å². The molecule has 1 N–H and O–H groups in total. The van der Waals surface area contributed by atoms with E-state index in [-0.39, 0.29) is 9.92 Å². The molecular weight excluding hydrogens is 365 g/mol. The first-order valence-corrected chi connectivity index (χ1v) is 9.75. The van der Waals surface area contributed by atoms with Crippen molar-refractivity contribution in [1.29, 1.82) is 0 Å². The van der Waals surface area contributed by atoms with Gasteiger partial charge in [-0.05, 0) is 48.0 Å². The molecule has 0 bridgehead atoms. The van der Waals surface area contributed by atoms with Crippen LogP contribution in [-0.4, -0.2) is 20.5 Å². The molecule has 0 aliphatic heterocycles. The minimum absolute atomic E-state index is 0.0274. The Morgan fingerprint density at radius 1 is 0.926 bits per heavy atom. The fourth-order valence-electron chi connectivity index (χ4n) is 3.10. The van der Waals surface area contributed by atoms with Gasteiger partial charge in [-0.2, -0.15) is 0 Å². The first-order valence-electron chi connectivity index (χ1n) is 8.26. The number of aromatic nitrogens is 1. The number of benzene rings is 3. The molecule has 27 heavy (non-hydrogen) atoms. The predicted molar refractivity (Wildman–Crippen MR) is 102 cm³/mol. The number of rotatable bonds is 4. The van der Waals surface area contributed by atoms with E-state index in [1.165, 1.54) is 12.1 Å². The fourth-order valence-corrected chi connectivity index (χ4v) is 4.57. The Hall–Kier alpha value is -3.12. The van der Waals surface area contributed by atoms with Crippen LogP contribution in [0.4, 0.5) is 4.39 Å². The van der Waals surface area contributed by atoms with Gasteiger partial charge < -0.3 is 9.72 Å². The van der Waals surface area contributed by atoms with Crippen LogP contribution in [-0.2, 0) is 9.84 Å². The summed E-state index contributed by atoms with van der Waals surface area (Å²) in [6, 6.07) is 19.4. The van der Waals surface area contributed by atoms with E-state index in [0.29, 0.717) is 16.8 Å². The molecule has 0 spiro atoms. The highest BCUT2D eigenvalue weighted by Gasteiger charge is 2.26. The summed E-state index contributed by atoms with van der Waals surface area (Å²) in [6.45, 7) is 0. The number of hydrogen-bond donors (Lipinski definition) is 1. The fraction of sp³-hybridized carbons (Fsp3) is 0.0476. The van der Waals surface area contributed by atoms with Crippen LogP contribution in [0.3, 0.4) is 0 Å². The standard InChI is InChI=1S/C21H16FNO3S/c1-26-16-9-12-19-18(13-16)20(14-5-3-2-4-6-14)21(23-19)27(24,25)17-10-7-15(22)8-11-17/h2-13,23H,1H3. The van der Waals surface area contributed by atoms with E-state index in [1.54, 1.807) is 25.3 Å². The van der Waals surface area contributed by atoms with Crippen molar-refractivity contribution in [1.82, 2.24) is 4.98 Å². The average molecular weight is 381 g/mol. The quantitative estimate of drug-likeness (QED) is 0.516. The Morgan fingerprint density at radius 3 is 2.30 bits per heavy atom. The average Bonchev–Trinajstić information content (AvgIpc) is 3.08. The molecule has 136 valence electrons. The molecular formula is C21H16FNO3S. The molecule has 0 saturated carbocycles. The first-order chi connectivity index (χ1) is 13.0. The number of sulfone groups is 1. The molecule has 0 amide bonds. The van der Waals surface area contributed by atoms with Crippen molar-refractivity contribution in [2.24, 2.45) is 0 Å². The third-order valence-electron chi connectivity index (χ3n) is 4.43. The maximum atomic E-state index is 13.3. The van der Waals surface area contributed by atoms with Crippen LogP contribution in [0.5, 0.6) is 5.75 Å². The Bertz CT molecular complexity index is 1210. The second kappa shape index (κ2) is 6.55. The van der Waals surface area contributed by atoms with Gasteiger partial charge in [0.1, 0.15) is 16.6 Å². The topological polar surface area (TPSA) is 59.2 Å². The minimum Gasteiger partial charge on any atom is -0.497 e. The molecule has 0 unspecified atom stereocenters. The monoisotopic (exact) mass is 381 g/mol. The lowest BCUT2D eigenvalue weighted by atomic mass is 10.0. The first kappa shape index (κ1) is 17.3. The minimum atomic E-state index is -3.88. The van der Waals surface area contributed by atoms with Gasteiger partial charge in [0.15, 0.2) is 0 Å². The van der Waals surface area contributed by atoms with Gasteiger partial charge >= 0.3 is 0 Å². The number of H-pyrrole nitrogens is 1. The van der Waals surface area contributed by atoms with Crippen molar-refractivity contribution in [3.8, 4) is 16.9 Å². The molecule has 0 aliphatic carbocycles. The maximum absolute atomic E-state index is 13.3. The Balaban J connectivity index is 2.04. The molecule has 0 saturated heterocycles. The Morgan fingerprint density at radius 2 is 1.63 bits per heavy atom. The van der Waals surface area contributed by atoms with Crippen LogP contribution < -0.4 is 4.74 Å². The van der Waals surface area contributed by atoms with Crippen LogP contribution >= 0.6 is 0 Å². The smallest absolute Gasteiger partial charge is 0.222 e. The lowest BCUT2D eigenvalue weighted by molar-refractivity contribution is 0.415. The number of halogens is 1. The van der Waals surface area contributed by atoms with Gasteiger partial charge in [-0.15, -0.1) is 0 Å². The highest BCUT2D eigenvalue weighted by atomic mass is 32.2. The summed E-state index contributed by atoms with van der Waals surface area (Å²) in [4.78, 5) is 3.06. The van der Waals surface area contributed by atoms with Gasteiger partial charge in [0.2, 0.25) is 9.84 Å². The molecule has 1 aromatic heterocycles. The van der Waals surface area contributed by atoms with Crippen molar-refractivity contribution in [3.05, 3.63) is 78.6 Å². The molecule has 0 atom stereocenters. The van der Waals surface area contributed by atoms with E-state index < -0.39 is 15.7 Å². The van der Waals surface area contributed by atoms with Crippen LogP contribution in [0, 0.1) is 5.82 Å². The van der Waals surface area contributed by atoms with Gasteiger partial charge in [0.25, 0.3) is 0 Å². The summed E-state index contributed by atoms with van der Waals surface area (Å²) >= 11 is 0. The lowest BCUT2D eigenvalue weighted by Crippen LogP contribution is -2.04. The SMILES string of the molecule is COc1ccc2[nH]c(S(=O)(=O)c3ccc(F)cc3)c(-c3ccccc3)c2c1. The number of fused-ring (bicyclic) bond motifs is 1. The Labute approximate surface area is 156 Å². The number of aromatic amines is 1. The molecule has 4 aromatic rings. The molecule has 6 heteroatoms. The highest BCUT2D eigenvalue weighted by molar-refractivity contribution is 7.91. The molecule has 0 fully saturated rings. The van der Waals surface area contributed by atoms with E-state index in [1.807, 2.05) is 30.3 Å². The van der Waals surface area contributed by atoms with Crippen LogP contribution in [0.25, 0.3) is 22.0 Å². The second-order valence-electron chi connectivity index (χ2n) is 6.06. The number of hydrogen-bond acceptors (Lipinski definition) is 3. The van der Waals surface area contributed by atoms with Gasteiger partial charge in [-0.1, -0.05) is 30.3 Å². The van der Waals surface area contributed by atoms with Crippen molar-refractivity contribution < 1.29 is 17.5 Å². The van der Waals surface area contributed by atoms with Crippen LogP contribution in [0.1, 0.15) is 0 Å². The second-order valence-corrected chi connectivity index (χ2v) is 7.95. The van der Waals surface area contributed by atoms with E-state index in [0.717, 1.165) is 23.1 Å². The van der Waals surface area contributed by atoms with E-state index in [4.69, 9.17) is 4.74 Å². The van der Waals surface area contributed by atoms with Crippen molar-refractivity contribution in [3.63, 3.8) is 0 Å². The molecule has 0 radical (unpaired) electrons. The summed E-state index contributed by atoms with van der Waals surface area (Å²) in [6.07, 6.45) is 0. The van der Waals surface area contributed by atoms with Crippen molar-refractivity contribution in [2.45, 2.75) is 9.92 Å². The summed E-state index contributed by atoms with van der Waals surface area (Å²) in [5.41, 5.74) is 2.00. The molecule has 0 aliphatic rings. The van der Waals surface area contributed by atoms with Gasteiger partial charge in [-0.3, -0.25) is 0 Å². The number of methoxy groups -OCH3 is 1. The van der Waals surface area contributed by atoms with Crippen LogP contribution in [0.2, 0.25) is 0 Å². The zero-order valence-corrected chi connectivity index (χ0v) is 15.3. The van der Waals surface area contributed by atoms with E-state index in [2.05, 4.69) is 4.98 Å². The van der Waals surface area contributed by atoms with Gasteiger partial charge in [0, 0.05) is 16.5 Å². The molecule has 4 nitrogen and oxygen atoms in total. The summed E-state index contributed by atoms with van der Waals surface area (Å²) < 4.78 is 45.1. The summed E-state index contributed by atoms with van der Waals surface area (Å²) in [5.74, 6) is 0.142. The summed E-state index contributed by atoms with van der Waals surface area (Å²) in [7, 11) is -2.32. The predicted octanol–water partition coefficient (Wildman–Crippen LogP) is 4.82. The zero-order valence-electron chi connectivity index (χ0n) is 14.4. The van der Waals surface area contributed by atoms with Crippen molar-refractivity contribution in [2.75, 3.05) is 7.11 Å².